The van der Waals surface area contributed by atoms with Gasteiger partial charge in [-0.3, -0.25) is 14.4 Å². The number of likely N-dealkylation sites (N-methyl/N-ethyl adjacent to an activating group) is 2. The van der Waals surface area contributed by atoms with Gasteiger partial charge in [0.1, 0.15) is 0 Å². The average Bonchev–Trinajstić information content (AvgIpc) is 2.73. The fourth-order valence-corrected chi connectivity index (χ4v) is 3.04. The van der Waals surface area contributed by atoms with Gasteiger partial charge in [0.25, 0.3) is 11.7 Å². The van der Waals surface area contributed by atoms with Crippen molar-refractivity contribution >= 4 is 29.1 Å². The van der Waals surface area contributed by atoms with E-state index in [4.69, 9.17) is 11.6 Å². The first kappa shape index (κ1) is 21.8. The van der Waals surface area contributed by atoms with E-state index >= 15 is 0 Å². The van der Waals surface area contributed by atoms with Crippen LogP contribution in [0.2, 0.25) is 5.02 Å². The third-order valence-corrected chi connectivity index (χ3v) is 4.93. The Kier molecular flexibility index (Phi) is 7.91. The predicted molar refractivity (Wildman–Crippen MR) is 111 cm³/mol. The zero-order valence-corrected chi connectivity index (χ0v) is 17.2. The Bertz CT molecular complexity index is 848. The number of ketones is 2. The highest BCUT2D eigenvalue weighted by Crippen LogP contribution is 2.21. The lowest BCUT2D eigenvalue weighted by atomic mass is 9.95. The van der Waals surface area contributed by atoms with Crippen LogP contribution in [0.5, 0.6) is 0 Å². The van der Waals surface area contributed by atoms with E-state index in [0.717, 1.165) is 13.1 Å². The molecule has 0 atom stereocenters. The molecule has 0 fully saturated rings. The summed E-state index contributed by atoms with van der Waals surface area (Å²) in [6.07, 6.45) is 0. The number of rotatable bonds is 9. The van der Waals surface area contributed by atoms with Gasteiger partial charge in [-0.05, 0) is 31.3 Å². The lowest BCUT2D eigenvalue weighted by molar-refractivity contribution is -0.125. The van der Waals surface area contributed by atoms with Crippen LogP contribution in [0.15, 0.2) is 48.5 Å². The molecular weight excluding hydrogens is 376 g/mol. The Morgan fingerprint density at radius 1 is 0.893 bits per heavy atom. The van der Waals surface area contributed by atoms with Gasteiger partial charge < -0.3 is 9.80 Å². The number of hydrogen-bond acceptors (Lipinski definition) is 4. The third kappa shape index (κ3) is 5.27. The molecular formula is C22H25ClN2O3. The molecule has 2 aromatic carbocycles. The van der Waals surface area contributed by atoms with Crippen molar-refractivity contribution in [2.24, 2.45) is 0 Å². The lowest BCUT2D eigenvalue weighted by Gasteiger charge is -2.23. The number of carbonyl (C=O) groups is 3. The maximum atomic E-state index is 12.9. The van der Waals surface area contributed by atoms with Crippen LogP contribution in [0.3, 0.4) is 0 Å². The molecule has 5 nitrogen and oxygen atoms in total. The third-order valence-electron chi connectivity index (χ3n) is 4.69. The quantitative estimate of drug-likeness (QED) is 0.477. The fourth-order valence-electron chi connectivity index (χ4n) is 2.87. The van der Waals surface area contributed by atoms with Gasteiger partial charge in [-0.15, -0.1) is 0 Å². The standard InChI is InChI=1S/C22H25ClN2O3/c1-4-25(5-2)14-13-24(3)22(28)21(27)18-12-11-17(23)15-19(18)20(26)16-9-7-6-8-10-16/h6-12,15H,4-5,13-14H2,1-3H3. The molecule has 0 N–H and O–H groups in total. The van der Waals surface area contributed by atoms with Crippen LogP contribution in [0.4, 0.5) is 0 Å². The maximum Gasteiger partial charge on any atom is 0.294 e. The second kappa shape index (κ2) is 10.2. The highest BCUT2D eigenvalue weighted by atomic mass is 35.5. The number of nitrogens with zero attached hydrogens (tertiary/aromatic N) is 2. The summed E-state index contributed by atoms with van der Waals surface area (Å²) in [5, 5.41) is 0.332. The topological polar surface area (TPSA) is 57.7 Å². The zero-order chi connectivity index (χ0) is 20.7. The minimum atomic E-state index is -0.710. The number of amides is 1. The Morgan fingerprint density at radius 3 is 2.14 bits per heavy atom. The SMILES string of the molecule is CCN(CC)CCN(C)C(=O)C(=O)c1ccc(Cl)cc1C(=O)c1ccccc1. The summed E-state index contributed by atoms with van der Waals surface area (Å²) >= 11 is 6.05. The van der Waals surface area contributed by atoms with Crippen molar-refractivity contribution in [3.63, 3.8) is 0 Å². The van der Waals surface area contributed by atoms with Crippen molar-refractivity contribution in [1.29, 1.82) is 0 Å². The molecule has 0 spiro atoms. The first-order valence-corrected chi connectivity index (χ1v) is 9.68. The molecule has 0 radical (unpaired) electrons. The van der Waals surface area contributed by atoms with Crippen LogP contribution in [-0.2, 0) is 4.79 Å². The first-order valence-electron chi connectivity index (χ1n) is 9.30. The summed E-state index contributed by atoms with van der Waals surface area (Å²) < 4.78 is 0. The van der Waals surface area contributed by atoms with E-state index in [2.05, 4.69) is 4.90 Å². The smallest absolute Gasteiger partial charge is 0.294 e. The molecule has 0 aliphatic heterocycles. The number of Topliss-reactive ketones (excluding diaryl/α,β-unsaturated/α-hetero) is 1. The second-order valence-electron chi connectivity index (χ2n) is 6.47. The fraction of sp³-hybridized carbons (Fsp3) is 0.318. The Morgan fingerprint density at radius 2 is 1.54 bits per heavy atom. The van der Waals surface area contributed by atoms with Gasteiger partial charge in [0, 0.05) is 41.9 Å². The van der Waals surface area contributed by atoms with Gasteiger partial charge in [-0.1, -0.05) is 55.8 Å². The van der Waals surface area contributed by atoms with Crippen molar-refractivity contribution in [3.05, 3.63) is 70.2 Å². The number of benzene rings is 2. The van der Waals surface area contributed by atoms with Gasteiger partial charge in [0.05, 0.1) is 0 Å². The maximum absolute atomic E-state index is 12.9. The van der Waals surface area contributed by atoms with E-state index in [0.29, 0.717) is 23.7 Å². The number of carbonyl (C=O) groups excluding carboxylic acids is 3. The summed E-state index contributed by atoms with van der Waals surface area (Å²) in [5.74, 6) is -1.69. The van der Waals surface area contributed by atoms with Gasteiger partial charge in [0.15, 0.2) is 5.78 Å². The van der Waals surface area contributed by atoms with E-state index in [-0.39, 0.29) is 16.9 Å². The van der Waals surface area contributed by atoms with Gasteiger partial charge >= 0.3 is 0 Å². The van der Waals surface area contributed by atoms with Crippen molar-refractivity contribution in [2.45, 2.75) is 13.8 Å². The highest BCUT2D eigenvalue weighted by molar-refractivity contribution is 6.44. The van der Waals surface area contributed by atoms with Gasteiger partial charge in [-0.25, -0.2) is 0 Å². The van der Waals surface area contributed by atoms with Crippen LogP contribution < -0.4 is 0 Å². The van der Waals surface area contributed by atoms with Crippen molar-refractivity contribution < 1.29 is 14.4 Å². The molecule has 1 amide bonds. The molecule has 6 heteroatoms. The van der Waals surface area contributed by atoms with Crippen LogP contribution in [0.25, 0.3) is 0 Å². The Hall–Kier alpha value is -2.50. The minimum Gasteiger partial charge on any atom is -0.338 e. The first-order chi connectivity index (χ1) is 13.4. The van der Waals surface area contributed by atoms with Gasteiger partial charge in [0.2, 0.25) is 0 Å². The molecule has 0 unspecified atom stereocenters. The molecule has 0 heterocycles. The molecule has 148 valence electrons. The minimum absolute atomic E-state index is 0.0675. The van der Waals surface area contributed by atoms with Crippen LogP contribution >= 0.6 is 11.6 Å². The molecule has 0 aliphatic carbocycles. The van der Waals surface area contributed by atoms with Crippen molar-refractivity contribution in [2.75, 3.05) is 33.2 Å². The molecule has 2 aromatic rings. The largest absolute Gasteiger partial charge is 0.338 e. The van der Waals surface area contributed by atoms with E-state index in [9.17, 15) is 14.4 Å². The molecule has 0 aliphatic rings. The lowest BCUT2D eigenvalue weighted by Crippen LogP contribution is -2.39. The van der Waals surface area contributed by atoms with E-state index in [1.165, 1.54) is 23.1 Å². The summed E-state index contributed by atoms with van der Waals surface area (Å²) in [7, 11) is 1.60. The highest BCUT2D eigenvalue weighted by Gasteiger charge is 2.26. The predicted octanol–water partition coefficient (Wildman–Crippen LogP) is 3.55. The molecule has 0 saturated heterocycles. The van der Waals surface area contributed by atoms with Gasteiger partial charge in [-0.2, -0.15) is 0 Å². The summed E-state index contributed by atoms with van der Waals surface area (Å²) in [5.41, 5.74) is 0.633. The molecule has 0 saturated carbocycles. The normalized spacial score (nSPS) is 10.8. The average molecular weight is 401 g/mol. The van der Waals surface area contributed by atoms with E-state index < -0.39 is 11.7 Å². The van der Waals surface area contributed by atoms with E-state index in [1.54, 1.807) is 37.4 Å². The molecule has 28 heavy (non-hydrogen) atoms. The Labute approximate surface area is 170 Å². The Balaban J connectivity index is 2.25. The van der Waals surface area contributed by atoms with Crippen molar-refractivity contribution in [1.82, 2.24) is 9.80 Å². The summed E-state index contributed by atoms with van der Waals surface area (Å²) in [4.78, 5) is 41.9. The summed E-state index contributed by atoms with van der Waals surface area (Å²) in [6.45, 7) is 6.96. The monoisotopic (exact) mass is 400 g/mol. The summed E-state index contributed by atoms with van der Waals surface area (Å²) in [6, 6.07) is 13.0. The van der Waals surface area contributed by atoms with Crippen LogP contribution in [0.1, 0.15) is 40.1 Å². The van der Waals surface area contributed by atoms with Crippen LogP contribution in [-0.4, -0.2) is 60.5 Å². The van der Waals surface area contributed by atoms with Crippen molar-refractivity contribution in [3.8, 4) is 0 Å². The van der Waals surface area contributed by atoms with Crippen LogP contribution in [0, 0.1) is 0 Å². The number of hydrogen-bond donors (Lipinski definition) is 0. The van der Waals surface area contributed by atoms with E-state index in [1.807, 2.05) is 13.8 Å². The second-order valence-corrected chi connectivity index (χ2v) is 6.90. The molecule has 2 rings (SSSR count). The molecule has 0 aromatic heterocycles. The molecule has 0 bridgehead atoms. The number of halogens is 1. The zero-order valence-electron chi connectivity index (χ0n) is 16.4.